The van der Waals surface area contributed by atoms with E-state index in [0.29, 0.717) is 37.5 Å². The fraction of sp³-hybridized carbons (Fsp3) is 0.400. The molecule has 0 saturated heterocycles. The van der Waals surface area contributed by atoms with Crippen LogP contribution in [0.5, 0.6) is 0 Å². The largest absolute Gasteiger partial charge is 0.356 e. The molecule has 7 heteroatoms. The molecule has 2 aromatic heterocycles. The average Bonchev–Trinajstić information content (AvgIpc) is 3.30. The molecule has 1 N–H and O–H groups in total. The highest BCUT2D eigenvalue weighted by atomic mass is 32.1. The van der Waals surface area contributed by atoms with Gasteiger partial charge in [-0.3, -0.25) is 4.79 Å². The van der Waals surface area contributed by atoms with Crippen molar-refractivity contribution in [2.24, 2.45) is 0 Å². The van der Waals surface area contributed by atoms with E-state index in [4.69, 9.17) is 4.52 Å². The molecule has 1 aromatic carbocycles. The summed E-state index contributed by atoms with van der Waals surface area (Å²) in [5.74, 6) is 1.24. The molecule has 0 aliphatic carbocycles. The lowest BCUT2D eigenvalue weighted by atomic mass is 9.97. The molecule has 0 radical (unpaired) electrons. The van der Waals surface area contributed by atoms with Gasteiger partial charge < -0.3 is 9.84 Å². The van der Waals surface area contributed by atoms with Gasteiger partial charge in [-0.05, 0) is 0 Å². The maximum atomic E-state index is 12.0. The lowest BCUT2D eigenvalue weighted by molar-refractivity contribution is -0.121. The van der Waals surface area contributed by atoms with E-state index in [1.54, 1.807) is 11.3 Å². The molecule has 1 amide bonds. The van der Waals surface area contributed by atoms with E-state index in [-0.39, 0.29) is 11.3 Å². The van der Waals surface area contributed by atoms with Gasteiger partial charge in [-0.15, -0.1) is 11.3 Å². The zero-order valence-electron chi connectivity index (χ0n) is 15.9. The summed E-state index contributed by atoms with van der Waals surface area (Å²) >= 11 is 1.59. The highest BCUT2D eigenvalue weighted by Gasteiger charge is 2.21. The fourth-order valence-corrected chi connectivity index (χ4v) is 3.26. The van der Waals surface area contributed by atoms with E-state index >= 15 is 0 Å². The van der Waals surface area contributed by atoms with Crippen molar-refractivity contribution in [2.75, 3.05) is 6.54 Å². The van der Waals surface area contributed by atoms with Gasteiger partial charge in [-0.2, -0.15) is 4.98 Å². The number of benzene rings is 1. The van der Waals surface area contributed by atoms with Gasteiger partial charge in [0.05, 0.1) is 10.7 Å². The van der Waals surface area contributed by atoms with Crippen molar-refractivity contribution < 1.29 is 9.32 Å². The molecule has 0 atom stereocenters. The van der Waals surface area contributed by atoms with Crippen molar-refractivity contribution in [3.63, 3.8) is 0 Å². The average molecular weight is 385 g/mol. The third-order valence-corrected chi connectivity index (χ3v) is 4.88. The number of hydrogen-bond donors (Lipinski definition) is 1. The number of nitrogens with one attached hydrogen (secondary N) is 1. The number of carbonyl (C=O) groups is 1. The molecule has 0 fully saturated rings. The maximum absolute atomic E-state index is 12.0. The van der Waals surface area contributed by atoms with Crippen LogP contribution in [-0.2, 0) is 23.1 Å². The lowest BCUT2D eigenvalue weighted by Gasteiger charge is -2.10. The minimum Gasteiger partial charge on any atom is -0.356 e. The Morgan fingerprint density at radius 3 is 2.63 bits per heavy atom. The smallest absolute Gasteiger partial charge is 0.232 e. The summed E-state index contributed by atoms with van der Waals surface area (Å²) in [5, 5.41) is 9.87. The standard InChI is InChI=1S/C20H24N4O2S/c1-20(2,3)19-23-16(24-26-19)11-12-21-17(25)9-10-18-22-15(13-27-18)14-7-5-4-6-8-14/h4-8,13H,9-12H2,1-3H3,(H,21,25). The van der Waals surface area contributed by atoms with Crippen molar-refractivity contribution in [2.45, 2.75) is 45.4 Å². The number of carbonyl (C=O) groups excluding carboxylic acids is 1. The number of aromatic nitrogens is 3. The molecule has 0 aliphatic rings. The van der Waals surface area contributed by atoms with Gasteiger partial charge in [-0.1, -0.05) is 56.3 Å². The van der Waals surface area contributed by atoms with E-state index in [9.17, 15) is 4.79 Å². The molecule has 0 saturated carbocycles. The fourth-order valence-electron chi connectivity index (χ4n) is 2.45. The third-order valence-electron chi connectivity index (χ3n) is 3.97. The number of aryl methyl sites for hydroxylation is 1. The Morgan fingerprint density at radius 2 is 1.93 bits per heavy atom. The Bertz CT molecular complexity index is 881. The monoisotopic (exact) mass is 384 g/mol. The summed E-state index contributed by atoms with van der Waals surface area (Å²) in [7, 11) is 0. The van der Waals surface area contributed by atoms with E-state index in [1.807, 2.05) is 56.5 Å². The minimum absolute atomic E-state index is 0.00556. The Hall–Kier alpha value is -2.54. The molecule has 0 spiro atoms. The molecule has 6 nitrogen and oxygen atoms in total. The normalized spacial score (nSPS) is 11.5. The van der Waals surface area contributed by atoms with Crippen LogP contribution in [0, 0.1) is 0 Å². The first-order chi connectivity index (χ1) is 12.9. The Kier molecular flexibility index (Phi) is 6.01. The van der Waals surface area contributed by atoms with Crippen LogP contribution in [0.1, 0.15) is 43.9 Å². The van der Waals surface area contributed by atoms with Crippen LogP contribution >= 0.6 is 11.3 Å². The third kappa shape index (κ3) is 5.47. The van der Waals surface area contributed by atoms with Crippen molar-refractivity contribution >= 4 is 17.2 Å². The van der Waals surface area contributed by atoms with Gasteiger partial charge in [0, 0.05) is 42.2 Å². The second-order valence-corrected chi connectivity index (χ2v) is 8.30. The lowest BCUT2D eigenvalue weighted by Crippen LogP contribution is -2.26. The van der Waals surface area contributed by atoms with Crippen molar-refractivity contribution in [3.05, 3.63) is 52.4 Å². The topological polar surface area (TPSA) is 80.9 Å². The first kappa shape index (κ1) is 19.2. The van der Waals surface area contributed by atoms with Crippen molar-refractivity contribution in [1.82, 2.24) is 20.4 Å². The van der Waals surface area contributed by atoms with E-state index < -0.39 is 0 Å². The highest BCUT2D eigenvalue weighted by Crippen LogP contribution is 2.22. The summed E-state index contributed by atoms with van der Waals surface area (Å²) in [6.07, 6.45) is 1.61. The van der Waals surface area contributed by atoms with Gasteiger partial charge in [0.2, 0.25) is 11.8 Å². The molecule has 0 bridgehead atoms. The summed E-state index contributed by atoms with van der Waals surface area (Å²) in [6, 6.07) is 10.1. The summed E-state index contributed by atoms with van der Waals surface area (Å²) in [6.45, 7) is 6.56. The Balaban J connectivity index is 1.41. The molecular formula is C20H24N4O2S. The first-order valence-electron chi connectivity index (χ1n) is 9.01. The van der Waals surface area contributed by atoms with E-state index in [1.165, 1.54) is 0 Å². The molecular weight excluding hydrogens is 360 g/mol. The number of hydrogen-bond acceptors (Lipinski definition) is 6. The van der Waals surface area contributed by atoms with Crippen molar-refractivity contribution in [3.8, 4) is 11.3 Å². The Morgan fingerprint density at radius 1 is 1.15 bits per heavy atom. The van der Waals surface area contributed by atoms with Crippen molar-refractivity contribution in [1.29, 1.82) is 0 Å². The van der Waals surface area contributed by atoms with Crippen LogP contribution in [0.2, 0.25) is 0 Å². The quantitative estimate of drug-likeness (QED) is 0.670. The van der Waals surface area contributed by atoms with E-state index in [2.05, 4.69) is 20.4 Å². The molecule has 142 valence electrons. The molecule has 0 unspecified atom stereocenters. The van der Waals surface area contributed by atoms with Gasteiger partial charge >= 0.3 is 0 Å². The molecule has 0 aliphatic heterocycles. The summed E-state index contributed by atoms with van der Waals surface area (Å²) < 4.78 is 5.25. The highest BCUT2D eigenvalue weighted by molar-refractivity contribution is 7.09. The number of thiazole rings is 1. The number of amides is 1. The van der Waals surface area contributed by atoms with Gasteiger partial charge in [0.25, 0.3) is 0 Å². The van der Waals surface area contributed by atoms with Gasteiger partial charge in [0.15, 0.2) is 5.82 Å². The maximum Gasteiger partial charge on any atom is 0.232 e. The van der Waals surface area contributed by atoms with Gasteiger partial charge in [0.1, 0.15) is 0 Å². The zero-order chi connectivity index (χ0) is 19.3. The van der Waals surface area contributed by atoms with Crippen LogP contribution in [0.3, 0.4) is 0 Å². The van der Waals surface area contributed by atoms with Crippen LogP contribution in [0.25, 0.3) is 11.3 Å². The van der Waals surface area contributed by atoms with Crippen LogP contribution in [0.15, 0.2) is 40.2 Å². The van der Waals surface area contributed by atoms with Crippen LogP contribution in [0.4, 0.5) is 0 Å². The molecule has 27 heavy (non-hydrogen) atoms. The SMILES string of the molecule is CC(C)(C)c1nc(CCNC(=O)CCc2nc(-c3ccccc3)cs2)no1. The minimum atomic E-state index is -0.166. The summed E-state index contributed by atoms with van der Waals surface area (Å²) in [5.41, 5.74) is 1.89. The Labute approximate surface area is 163 Å². The second-order valence-electron chi connectivity index (χ2n) is 7.36. The van der Waals surface area contributed by atoms with Crippen LogP contribution < -0.4 is 5.32 Å². The zero-order valence-corrected chi connectivity index (χ0v) is 16.7. The molecule has 3 rings (SSSR count). The predicted octanol–water partition coefficient (Wildman–Crippen LogP) is 3.78. The molecule has 2 heterocycles. The van der Waals surface area contributed by atoms with Crippen LogP contribution in [-0.4, -0.2) is 27.6 Å². The van der Waals surface area contributed by atoms with Gasteiger partial charge in [-0.25, -0.2) is 4.98 Å². The summed E-state index contributed by atoms with van der Waals surface area (Å²) in [4.78, 5) is 21.0. The predicted molar refractivity (Wildman–Crippen MR) is 106 cm³/mol. The first-order valence-corrected chi connectivity index (χ1v) is 9.89. The number of rotatable bonds is 7. The van der Waals surface area contributed by atoms with E-state index in [0.717, 1.165) is 16.3 Å². The number of nitrogens with zero attached hydrogens (tertiary/aromatic N) is 3. The second kappa shape index (κ2) is 8.43. The molecule has 3 aromatic rings.